The summed E-state index contributed by atoms with van der Waals surface area (Å²) in [5.74, 6) is 3.88. The van der Waals surface area contributed by atoms with Crippen molar-refractivity contribution in [2.24, 2.45) is 35.3 Å². The van der Waals surface area contributed by atoms with Gasteiger partial charge in [-0.05, 0) is 61.7 Å². The Balaban J connectivity index is 1.71. The number of carbonyl (C=O) groups is 1. The zero-order valence-corrected chi connectivity index (χ0v) is 13.2. The maximum absolute atomic E-state index is 12.7. The van der Waals surface area contributed by atoms with Crippen LogP contribution in [-0.4, -0.2) is 29.9 Å². The minimum atomic E-state index is -0.317. The lowest BCUT2D eigenvalue weighted by atomic mass is 9.54. The van der Waals surface area contributed by atoms with Crippen molar-refractivity contribution in [3.63, 3.8) is 0 Å². The third-order valence-electron chi connectivity index (χ3n) is 6.51. The van der Waals surface area contributed by atoms with E-state index < -0.39 is 0 Å². The molecule has 0 aromatic heterocycles. The van der Waals surface area contributed by atoms with Crippen LogP contribution in [0.25, 0.3) is 0 Å². The summed E-state index contributed by atoms with van der Waals surface area (Å²) in [5.41, 5.74) is 6.17. The van der Waals surface area contributed by atoms with Crippen LogP contribution < -0.4 is 5.73 Å². The standard InChI is InChI=1S/C17H30N2O/c1-4-10(2)15(18)17(20)19(3)16-13-6-11-5-12(8-13)9-14(16)7-11/h10-16H,4-9,18H2,1-3H3/t10-,11?,12?,13?,14?,15-,16?/m0/s1. The largest absolute Gasteiger partial charge is 0.341 e. The molecule has 0 heterocycles. The van der Waals surface area contributed by atoms with Gasteiger partial charge in [0.05, 0.1) is 6.04 Å². The van der Waals surface area contributed by atoms with Crippen molar-refractivity contribution in [2.75, 3.05) is 7.05 Å². The molecule has 0 unspecified atom stereocenters. The molecule has 4 aliphatic carbocycles. The number of nitrogens with two attached hydrogens (primary N) is 1. The van der Waals surface area contributed by atoms with Gasteiger partial charge in [-0.15, -0.1) is 0 Å². The number of carbonyl (C=O) groups excluding carboxylic acids is 1. The van der Waals surface area contributed by atoms with E-state index in [1.165, 1.54) is 32.1 Å². The minimum Gasteiger partial charge on any atom is -0.341 e. The number of nitrogens with zero attached hydrogens (tertiary/aromatic N) is 1. The third-order valence-corrected chi connectivity index (χ3v) is 6.51. The normalized spacial score (nSPS) is 41.5. The maximum Gasteiger partial charge on any atom is 0.239 e. The molecule has 0 aliphatic heterocycles. The SMILES string of the molecule is CC[C@H](C)[C@H](N)C(=O)N(C)C1C2CC3CC(C2)CC1C3. The quantitative estimate of drug-likeness (QED) is 0.859. The summed E-state index contributed by atoms with van der Waals surface area (Å²) in [6.45, 7) is 4.20. The molecule has 4 saturated carbocycles. The van der Waals surface area contributed by atoms with Crippen molar-refractivity contribution in [2.45, 2.75) is 64.5 Å². The van der Waals surface area contributed by atoms with Gasteiger partial charge < -0.3 is 10.6 Å². The Morgan fingerprint density at radius 3 is 2.10 bits per heavy atom. The summed E-state index contributed by atoms with van der Waals surface area (Å²) < 4.78 is 0. The molecule has 4 aliphatic rings. The highest BCUT2D eigenvalue weighted by molar-refractivity contribution is 5.82. The number of hydrogen-bond acceptors (Lipinski definition) is 2. The third kappa shape index (κ3) is 2.28. The number of amides is 1. The second kappa shape index (κ2) is 5.32. The summed E-state index contributed by atoms with van der Waals surface area (Å²) in [7, 11) is 2.01. The fourth-order valence-corrected chi connectivity index (χ4v) is 5.41. The molecule has 20 heavy (non-hydrogen) atoms. The van der Waals surface area contributed by atoms with Crippen LogP contribution in [0, 0.1) is 29.6 Å². The second-order valence-corrected chi connectivity index (χ2v) is 7.78. The summed E-state index contributed by atoms with van der Waals surface area (Å²) in [5, 5.41) is 0. The summed E-state index contributed by atoms with van der Waals surface area (Å²) in [6.07, 6.45) is 7.86. The lowest BCUT2D eigenvalue weighted by Gasteiger charge is -2.56. The molecule has 0 radical (unpaired) electrons. The zero-order chi connectivity index (χ0) is 14.4. The summed E-state index contributed by atoms with van der Waals surface area (Å²) in [4.78, 5) is 14.7. The minimum absolute atomic E-state index is 0.178. The van der Waals surface area contributed by atoms with E-state index >= 15 is 0 Å². The van der Waals surface area contributed by atoms with Crippen LogP contribution in [0.3, 0.4) is 0 Å². The van der Waals surface area contributed by atoms with Crippen LogP contribution in [0.2, 0.25) is 0 Å². The molecule has 3 nitrogen and oxygen atoms in total. The highest BCUT2D eigenvalue weighted by Gasteiger charge is 2.50. The van der Waals surface area contributed by atoms with Crippen molar-refractivity contribution in [3.05, 3.63) is 0 Å². The molecule has 2 N–H and O–H groups in total. The van der Waals surface area contributed by atoms with Gasteiger partial charge in [0, 0.05) is 13.1 Å². The van der Waals surface area contributed by atoms with Crippen LogP contribution in [-0.2, 0) is 4.79 Å². The van der Waals surface area contributed by atoms with Crippen molar-refractivity contribution in [3.8, 4) is 0 Å². The van der Waals surface area contributed by atoms with Gasteiger partial charge in [-0.25, -0.2) is 0 Å². The first-order chi connectivity index (χ1) is 9.51. The van der Waals surface area contributed by atoms with E-state index in [1.807, 2.05) is 11.9 Å². The van der Waals surface area contributed by atoms with Gasteiger partial charge in [0.25, 0.3) is 0 Å². The molecule has 0 aromatic rings. The number of likely N-dealkylation sites (N-methyl/N-ethyl adjacent to an activating group) is 1. The lowest BCUT2D eigenvalue weighted by molar-refractivity contribution is -0.143. The zero-order valence-electron chi connectivity index (χ0n) is 13.2. The molecule has 4 rings (SSSR count). The first-order valence-electron chi connectivity index (χ1n) is 8.53. The van der Waals surface area contributed by atoms with Gasteiger partial charge in [-0.2, -0.15) is 0 Å². The van der Waals surface area contributed by atoms with E-state index in [1.54, 1.807) is 0 Å². The van der Waals surface area contributed by atoms with E-state index in [2.05, 4.69) is 13.8 Å². The smallest absolute Gasteiger partial charge is 0.239 e. The Bertz CT molecular complexity index is 353. The average molecular weight is 278 g/mol. The summed E-state index contributed by atoms with van der Waals surface area (Å²) in [6, 6.07) is 0.160. The Morgan fingerprint density at radius 2 is 1.65 bits per heavy atom. The van der Waals surface area contributed by atoms with Gasteiger partial charge in [0.1, 0.15) is 0 Å². The van der Waals surface area contributed by atoms with Gasteiger partial charge in [0.15, 0.2) is 0 Å². The van der Waals surface area contributed by atoms with Gasteiger partial charge in [0.2, 0.25) is 5.91 Å². The van der Waals surface area contributed by atoms with Crippen LogP contribution in [0.1, 0.15) is 52.4 Å². The Kier molecular flexibility index (Phi) is 3.83. The highest BCUT2D eigenvalue weighted by Crippen LogP contribution is 2.55. The van der Waals surface area contributed by atoms with Gasteiger partial charge >= 0.3 is 0 Å². The Hall–Kier alpha value is -0.570. The predicted octanol–water partition coefficient (Wildman–Crippen LogP) is 2.64. The molecule has 3 heteroatoms. The second-order valence-electron chi connectivity index (χ2n) is 7.78. The van der Waals surface area contributed by atoms with E-state index in [0.717, 1.165) is 30.1 Å². The van der Waals surface area contributed by atoms with Crippen LogP contribution >= 0.6 is 0 Å². The monoisotopic (exact) mass is 278 g/mol. The van der Waals surface area contributed by atoms with Gasteiger partial charge in [-0.3, -0.25) is 4.79 Å². The lowest BCUT2D eigenvalue weighted by Crippen LogP contribution is -2.59. The predicted molar refractivity (Wildman–Crippen MR) is 81.0 cm³/mol. The molecule has 0 aromatic carbocycles. The first-order valence-corrected chi connectivity index (χ1v) is 8.53. The molecule has 4 bridgehead atoms. The topological polar surface area (TPSA) is 46.3 Å². The fraction of sp³-hybridized carbons (Fsp3) is 0.941. The van der Waals surface area contributed by atoms with Crippen LogP contribution in [0.4, 0.5) is 0 Å². The first kappa shape index (κ1) is 14.4. The number of rotatable bonds is 4. The Morgan fingerprint density at radius 1 is 1.15 bits per heavy atom. The molecular formula is C17H30N2O. The molecule has 4 fully saturated rings. The maximum atomic E-state index is 12.7. The summed E-state index contributed by atoms with van der Waals surface area (Å²) >= 11 is 0. The van der Waals surface area contributed by atoms with Crippen LogP contribution in [0.15, 0.2) is 0 Å². The van der Waals surface area contributed by atoms with E-state index in [-0.39, 0.29) is 17.9 Å². The van der Waals surface area contributed by atoms with Crippen LogP contribution in [0.5, 0.6) is 0 Å². The fourth-order valence-electron chi connectivity index (χ4n) is 5.41. The van der Waals surface area contributed by atoms with Crippen molar-refractivity contribution >= 4 is 5.91 Å². The number of hydrogen-bond donors (Lipinski definition) is 1. The van der Waals surface area contributed by atoms with Crippen molar-refractivity contribution in [1.29, 1.82) is 0 Å². The molecule has 1 amide bonds. The van der Waals surface area contributed by atoms with E-state index in [9.17, 15) is 4.79 Å². The van der Waals surface area contributed by atoms with Gasteiger partial charge in [-0.1, -0.05) is 20.3 Å². The highest BCUT2D eigenvalue weighted by atomic mass is 16.2. The molecule has 0 spiro atoms. The molecule has 2 atom stereocenters. The molecule has 0 saturated heterocycles. The average Bonchev–Trinajstić information content (AvgIpc) is 2.43. The van der Waals surface area contributed by atoms with Crippen molar-refractivity contribution in [1.82, 2.24) is 4.90 Å². The molecule has 114 valence electrons. The van der Waals surface area contributed by atoms with Crippen molar-refractivity contribution < 1.29 is 4.79 Å². The Labute approximate surface area is 123 Å². The van der Waals surface area contributed by atoms with E-state index in [4.69, 9.17) is 5.73 Å². The van der Waals surface area contributed by atoms with E-state index in [0.29, 0.717) is 6.04 Å². The molecular weight excluding hydrogens is 248 g/mol.